The lowest BCUT2D eigenvalue weighted by Crippen LogP contribution is -2.55. The van der Waals surface area contributed by atoms with Gasteiger partial charge in [0.2, 0.25) is 5.91 Å². The standard InChI is InChI=1S/C19H22F4N6O/c1-3-24-18(25-9-13-4-5-14(20)8-16(13)19(21,22)23)28-6-7-29(17(30)12-28)15-10-26-27(2)11-15/h4-5,8,10-11H,3,6-7,9,12H2,1-2H3,(H,24,25). The van der Waals surface area contributed by atoms with Gasteiger partial charge < -0.3 is 15.1 Å². The van der Waals surface area contributed by atoms with Crippen LogP contribution in [0.15, 0.2) is 35.6 Å². The van der Waals surface area contributed by atoms with Gasteiger partial charge in [0.15, 0.2) is 5.96 Å². The summed E-state index contributed by atoms with van der Waals surface area (Å²) in [4.78, 5) is 20.2. The Morgan fingerprint density at radius 1 is 1.30 bits per heavy atom. The summed E-state index contributed by atoms with van der Waals surface area (Å²) in [6.07, 6.45) is -1.35. The number of nitrogens with one attached hydrogen (secondary N) is 1. The Morgan fingerprint density at radius 3 is 2.67 bits per heavy atom. The lowest BCUT2D eigenvalue weighted by molar-refractivity contribution is -0.138. The van der Waals surface area contributed by atoms with E-state index in [1.807, 2.05) is 6.92 Å². The fourth-order valence-corrected chi connectivity index (χ4v) is 3.21. The van der Waals surface area contributed by atoms with Gasteiger partial charge in [-0.1, -0.05) is 6.07 Å². The van der Waals surface area contributed by atoms with Crippen molar-refractivity contribution in [2.75, 3.05) is 31.1 Å². The van der Waals surface area contributed by atoms with E-state index in [1.165, 1.54) is 0 Å². The highest BCUT2D eigenvalue weighted by Gasteiger charge is 2.34. The molecule has 1 aliphatic heterocycles. The second-order valence-electron chi connectivity index (χ2n) is 6.81. The number of carbonyl (C=O) groups is 1. The summed E-state index contributed by atoms with van der Waals surface area (Å²) >= 11 is 0. The molecule has 0 unspecified atom stereocenters. The quantitative estimate of drug-likeness (QED) is 0.463. The van der Waals surface area contributed by atoms with Crippen LogP contribution >= 0.6 is 0 Å². The molecule has 3 rings (SSSR count). The summed E-state index contributed by atoms with van der Waals surface area (Å²) < 4.78 is 54.5. The number of hydrogen-bond acceptors (Lipinski definition) is 3. The molecule has 0 saturated carbocycles. The number of carbonyl (C=O) groups excluding carboxylic acids is 1. The third-order valence-electron chi connectivity index (χ3n) is 4.63. The largest absolute Gasteiger partial charge is 0.416 e. The van der Waals surface area contributed by atoms with E-state index in [2.05, 4.69) is 15.4 Å². The van der Waals surface area contributed by atoms with Gasteiger partial charge in [0.1, 0.15) is 12.4 Å². The number of aryl methyl sites for hydroxylation is 1. The highest BCUT2D eigenvalue weighted by Crippen LogP contribution is 2.33. The Morgan fingerprint density at radius 2 is 2.07 bits per heavy atom. The van der Waals surface area contributed by atoms with E-state index < -0.39 is 17.6 Å². The number of halogens is 4. The summed E-state index contributed by atoms with van der Waals surface area (Å²) in [5.74, 6) is -0.800. The van der Waals surface area contributed by atoms with Crippen molar-refractivity contribution in [2.24, 2.45) is 12.0 Å². The lowest BCUT2D eigenvalue weighted by atomic mass is 10.1. The number of hydrogen-bond donors (Lipinski definition) is 1. The number of piperazine rings is 1. The topological polar surface area (TPSA) is 65.8 Å². The van der Waals surface area contributed by atoms with Crippen LogP contribution in [0, 0.1) is 5.82 Å². The van der Waals surface area contributed by atoms with E-state index in [-0.39, 0.29) is 24.6 Å². The Hall–Kier alpha value is -3.11. The molecule has 7 nitrogen and oxygen atoms in total. The molecular formula is C19H22F4N6O. The van der Waals surface area contributed by atoms with Crippen molar-refractivity contribution >= 4 is 17.6 Å². The van der Waals surface area contributed by atoms with Gasteiger partial charge in [0.25, 0.3) is 0 Å². The molecule has 1 saturated heterocycles. The van der Waals surface area contributed by atoms with Gasteiger partial charge in [-0.3, -0.25) is 9.48 Å². The second kappa shape index (κ2) is 8.72. The number of amides is 1. The molecular weight excluding hydrogens is 404 g/mol. The van der Waals surface area contributed by atoms with Crippen LogP contribution in [0.5, 0.6) is 0 Å². The number of guanidine groups is 1. The number of aromatic nitrogens is 2. The second-order valence-corrected chi connectivity index (χ2v) is 6.81. The van der Waals surface area contributed by atoms with E-state index in [0.717, 1.165) is 12.1 Å². The zero-order valence-electron chi connectivity index (χ0n) is 16.6. The van der Waals surface area contributed by atoms with Gasteiger partial charge in [0, 0.05) is 32.9 Å². The molecule has 1 aliphatic rings. The Labute approximate surface area is 171 Å². The van der Waals surface area contributed by atoms with E-state index in [0.29, 0.717) is 37.3 Å². The van der Waals surface area contributed by atoms with Crippen LogP contribution < -0.4 is 10.2 Å². The zero-order valence-corrected chi connectivity index (χ0v) is 16.6. The summed E-state index contributed by atoms with van der Waals surface area (Å²) in [6.45, 7) is 2.86. The Bertz CT molecular complexity index is 939. The average Bonchev–Trinajstić information content (AvgIpc) is 3.11. The summed E-state index contributed by atoms with van der Waals surface area (Å²) in [6, 6.07) is 2.52. The number of anilines is 1. The molecule has 162 valence electrons. The number of nitrogens with zero attached hydrogens (tertiary/aromatic N) is 5. The number of aliphatic imine (C=N–C) groups is 1. The van der Waals surface area contributed by atoms with Crippen molar-refractivity contribution in [3.05, 3.63) is 47.5 Å². The third kappa shape index (κ3) is 4.89. The van der Waals surface area contributed by atoms with Crippen molar-refractivity contribution < 1.29 is 22.4 Å². The van der Waals surface area contributed by atoms with Gasteiger partial charge in [-0.15, -0.1) is 0 Å². The first-order chi connectivity index (χ1) is 14.2. The maximum absolute atomic E-state index is 13.3. The number of alkyl halides is 3. The highest BCUT2D eigenvalue weighted by atomic mass is 19.4. The predicted octanol–water partition coefficient (Wildman–Crippen LogP) is 2.39. The van der Waals surface area contributed by atoms with E-state index >= 15 is 0 Å². The van der Waals surface area contributed by atoms with Crippen LogP contribution in [0.25, 0.3) is 0 Å². The Kier molecular flexibility index (Phi) is 6.28. The van der Waals surface area contributed by atoms with Crippen molar-refractivity contribution in [2.45, 2.75) is 19.6 Å². The minimum Gasteiger partial charge on any atom is -0.356 e. The summed E-state index contributed by atoms with van der Waals surface area (Å²) in [5, 5.41) is 7.07. The molecule has 1 fully saturated rings. The van der Waals surface area contributed by atoms with Crippen molar-refractivity contribution in [1.82, 2.24) is 20.0 Å². The highest BCUT2D eigenvalue weighted by molar-refractivity contribution is 5.98. The van der Waals surface area contributed by atoms with Crippen molar-refractivity contribution in [1.29, 1.82) is 0 Å². The van der Waals surface area contributed by atoms with Crippen LogP contribution in [-0.4, -0.2) is 52.7 Å². The molecule has 1 aromatic carbocycles. The molecule has 0 aliphatic carbocycles. The SMILES string of the molecule is CCNC(=NCc1ccc(F)cc1C(F)(F)F)N1CCN(c2cnn(C)c2)C(=O)C1. The maximum atomic E-state index is 13.3. The molecule has 1 N–H and O–H groups in total. The first-order valence-electron chi connectivity index (χ1n) is 9.37. The van der Waals surface area contributed by atoms with E-state index in [1.54, 1.807) is 33.9 Å². The fraction of sp³-hybridized carbons (Fsp3) is 0.421. The van der Waals surface area contributed by atoms with Crippen LogP contribution in [0.4, 0.5) is 23.2 Å². The van der Waals surface area contributed by atoms with Crippen LogP contribution in [0.2, 0.25) is 0 Å². The van der Waals surface area contributed by atoms with E-state index in [4.69, 9.17) is 0 Å². The van der Waals surface area contributed by atoms with Gasteiger partial charge in [0.05, 0.1) is 24.0 Å². The Balaban J connectivity index is 1.77. The van der Waals surface area contributed by atoms with Crippen molar-refractivity contribution in [3.63, 3.8) is 0 Å². The zero-order chi connectivity index (χ0) is 21.9. The molecule has 2 heterocycles. The molecule has 0 spiro atoms. The van der Waals surface area contributed by atoms with Gasteiger partial charge in [-0.25, -0.2) is 9.38 Å². The first-order valence-corrected chi connectivity index (χ1v) is 9.37. The number of rotatable bonds is 4. The normalized spacial score (nSPS) is 15.7. The smallest absolute Gasteiger partial charge is 0.356 e. The maximum Gasteiger partial charge on any atom is 0.416 e. The lowest BCUT2D eigenvalue weighted by Gasteiger charge is -2.35. The average molecular weight is 426 g/mol. The van der Waals surface area contributed by atoms with E-state index in [9.17, 15) is 22.4 Å². The van der Waals surface area contributed by atoms with Gasteiger partial charge >= 0.3 is 6.18 Å². The molecule has 0 radical (unpaired) electrons. The molecule has 1 aromatic heterocycles. The van der Waals surface area contributed by atoms with Crippen molar-refractivity contribution in [3.8, 4) is 0 Å². The third-order valence-corrected chi connectivity index (χ3v) is 4.63. The predicted molar refractivity (Wildman–Crippen MR) is 103 cm³/mol. The summed E-state index contributed by atoms with van der Waals surface area (Å²) in [5.41, 5.74) is -0.510. The molecule has 11 heteroatoms. The minimum absolute atomic E-state index is 0.0241. The van der Waals surface area contributed by atoms with Crippen LogP contribution in [0.3, 0.4) is 0 Å². The van der Waals surface area contributed by atoms with Gasteiger partial charge in [-0.05, 0) is 24.6 Å². The fourth-order valence-electron chi connectivity index (χ4n) is 3.21. The molecule has 0 bridgehead atoms. The van der Waals surface area contributed by atoms with Crippen LogP contribution in [0.1, 0.15) is 18.1 Å². The number of benzene rings is 1. The molecule has 30 heavy (non-hydrogen) atoms. The first kappa shape index (κ1) is 21.6. The molecule has 1 amide bonds. The van der Waals surface area contributed by atoms with Crippen LogP contribution in [-0.2, 0) is 24.6 Å². The monoisotopic (exact) mass is 426 g/mol. The van der Waals surface area contributed by atoms with Gasteiger partial charge in [-0.2, -0.15) is 18.3 Å². The summed E-state index contributed by atoms with van der Waals surface area (Å²) in [7, 11) is 1.75. The molecule has 0 atom stereocenters. The molecule has 2 aromatic rings. The minimum atomic E-state index is -4.68.